The molecule has 0 radical (unpaired) electrons. The summed E-state index contributed by atoms with van der Waals surface area (Å²) < 4.78 is 52.1. The largest absolute Gasteiger partial charge is 1.00 e. The van der Waals surface area contributed by atoms with E-state index < -0.39 is 29.6 Å². The number of benzene rings is 1. The van der Waals surface area contributed by atoms with Crippen molar-refractivity contribution in [3.63, 3.8) is 0 Å². The SMILES string of the molecule is CC1=CC(=NC=[C-]NC(C)c2cc(NC(=O)c3ccc(C(F)(F)F)nc3)ccc2F)[CH-]C1.[K+]. The first-order valence-corrected chi connectivity index (χ1v) is 9.68. The van der Waals surface area contributed by atoms with Gasteiger partial charge in [0.25, 0.3) is 5.91 Å². The Labute approximate surface area is 231 Å². The molecule has 1 unspecified atom stereocenters. The maximum atomic E-state index is 14.3. The average molecular weight is 484 g/mol. The molecule has 1 aliphatic carbocycles. The second-order valence-corrected chi connectivity index (χ2v) is 7.21. The zero-order valence-electron chi connectivity index (χ0n) is 18.3. The molecular formula is C23H20F4KN4O-. The van der Waals surface area contributed by atoms with Crippen molar-refractivity contribution in [2.75, 3.05) is 5.32 Å². The van der Waals surface area contributed by atoms with Crippen LogP contribution in [0.3, 0.4) is 0 Å². The van der Waals surface area contributed by atoms with Gasteiger partial charge in [-0.2, -0.15) is 24.8 Å². The van der Waals surface area contributed by atoms with Crippen LogP contribution in [0.4, 0.5) is 23.2 Å². The fourth-order valence-electron chi connectivity index (χ4n) is 2.93. The van der Waals surface area contributed by atoms with Gasteiger partial charge in [0.1, 0.15) is 11.5 Å². The van der Waals surface area contributed by atoms with Crippen LogP contribution in [0, 0.1) is 18.4 Å². The average Bonchev–Trinajstić information content (AvgIpc) is 3.17. The van der Waals surface area contributed by atoms with Gasteiger partial charge in [0.15, 0.2) is 0 Å². The molecule has 5 nitrogen and oxygen atoms in total. The predicted octanol–water partition coefficient (Wildman–Crippen LogP) is 2.42. The van der Waals surface area contributed by atoms with E-state index in [1.807, 2.05) is 19.4 Å². The monoisotopic (exact) mass is 483 g/mol. The Hall–Kier alpha value is -1.98. The van der Waals surface area contributed by atoms with Crippen molar-refractivity contribution in [2.24, 2.45) is 4.99 Å². The molecule has 0 saturated heterocycles. The van der Waals surface area contributed by atoms with Crippen LogP contribution >= 0.6 is 0 Å². The van der Waals surface area contributed by atoms with E-state index in [0.717, 1.165) is 30.5 Å². The number of halogens is 4. The van der Waals surface area contributed by atoms with Gasteiger partial charge in [0, 0.05) is 23.5 Å². The minimum absolute atomic E-state index is 0. The number of anilines is 1. The van der Waals surface area contributed by atoms with Gasteiger partial charge in [-0.25, -0.2) is 10.8 Å². The predicted molar refractivity (Wildman–Crippen MR) is 113 cm³/mol. The van der Waals surface area contributed by atoms with Crippen LogP contribution in [-0.4, -0.2) is 16.6 Å². The van der Waals surface area contributed by atoms with E-state index in [9.17, 15) is 22.4 Å². The number of amides is 1. The Bertz CT molecular complexity index is 1080. The Morgan fingerprint density at radius 3 is 2.67 bits per heavy atom. The maximum absolute atomic E-state index is 14.3. The molecule has 168 valence electrons. The minimum Gasteiger partial charge on any atom is -0.560 e. The number of rotatable bonds is 6. The van der Waals surface area contributed by atoms with Crippen LogP contribution in [0.1, 0.15) is 47.9 Å². The molecule has 10 heteroatoms. The summed E-state index contributed by atoms with van der Waals surface area (Å²) in [4.78, 5) is 19.8. The second-order valence-electron chi connectivity index (χ2n) is 7.21. The van der Waals surface area contributed by atoms with Crippen LogP contribution < -0.4 is 62.0 Å². The topological polar surface area (TPSA) is 66.4 Å². The van der Waals surface area contributed by atoms with Crippen LogP contribution in [-0.2, 0) is 6.18 Å². The van der Waals surface area contributed by atoms with E-state index in [-0.39, 0.29) is 68.2 Å². The summed E-state index contributed by atoms with van der Waals surface area (Å²) in [5, 5.41) is 5.42. The van der Waals surface area contributed by atoms with Gasteiger partial charge in [-0.15, -0.1) is 11.9 Å². The minimum atomic E-state index is -4.59. The zero-order chi connectivity index (χ0) is 23.3. The van der Waals surface area contributed by atoms with Gasteiger partial charge >= 0.3 is 57.6 Å². The number of aliphatic imine (C=N–C) groups is 1. The number of allylic oxidation sites excluding steroid dienone is 2. The van der Waals surface area contributed by atoms with Gasteiger partial charge in [0.2, 0.25) is 0 Å². The molecule has 1 aliphatic rings. The van der Waals surface area contributed by atoms with Gasteiger partial charge < -0.3 is 21.8 Å². The number of hydrogen-bond donors (Lipinski definition) is 2. The summed E-state index contributed by atoms with van der Waals surface area (Å²) in [6, 6.07) is 5.26. The molecule has 0 saturated carbocycles. The molecule has 0 fully saturated rings. The smallest absolute Gasteiger partial charge is 0.560 e. The first-order valence-electron chi connectivity index (χ1n) is 9.68. The molecule has 1 atom stereocenters. The van der Waals surface area contributed by atoms with Gasteiger partial charge in [-0.3, -0.25) is 9.78 Å². The summed E-state index contributed by atoms with van der Waals surface area (Å²) in [5.74, 6) is -1.15. The molecule has 0 spiro atoms. The number of carbonyl (C=O) groups is 1. The molecule has 0 aliphatic heterocycles. The molecule has 2 aromatic rings. The third-order valence-corrected chi connectivity index (χ3v) is 4.64. The fraction of sp³-hybridized carbons (Fsp3) is 0.217. The maximum Gasteiger partial charge on any atom is 1.00 e. The number of nitrogens with one attached hydrogen (secondary N) is 2. The second kappa shape index (κ2) is 11.9. The van der Waals surface area contributed by atoms with Crippen molar-refractivity contribution in [3.05, 3.63) is 89.6 Å². The quantitative estimate of drug-likeness (QED) is 0.287. The third-order valence-electron chi connectivity index (χ3n) is 4.64. The Kier molecular flexibility index (Phi) is 9.86. The number of carbonyl (C=O) groups excluding carboxylic acids is 1. The van der Waals surface area contributed by atoms with Gasteiger partial charge in [-0.05, 0) is 37.3 Å². The Morgan fingerprint density at radius 1 is 1.30 bits per heavy atom. The Morgan fingerprint density at radius 2 is 2.06 bits per heavy atom. The number of aromatic nitrogens is 1. The van der Waals surface area contributed by atoms with Crippen molar-refractivity contribution < 1.29 is 73.7 Å². The van der Waals surface area contributed by atoms with Crippen LogP contribution in [0.15, 0.2) is 59.4 Å². The van der Waals surface area contributed by atoms with Crippen molar-refractivity contribution in [3.8, 4) is 0 Å². The van der Waals surface area contributed by atoms with Crippen LogP contribution in [0.25, 0.3) is 0 Å². The number of nitrogens with zero attached hydrogens (tertiary/aromatic N) is 2. The standard InChI is InChI=1S/C23H20F4N4O.K/c1-14-3-5-17(11-14)29-10-9-28-15(2)19-12-18(6-7-20(19)24)31-22(32)16-4-8-21(30-13-16)23(25,26)27;/h4-8,10-13,15,28H,3H2,1-2H3,(H,31,32);/q-2;+1. The molecular weight excluding hydrogens is 463 g/mol. The van der Waals surface area contributed by atoms with Crippen LogP contribution in [0.5, 0.6) is 0 Å². The van der Waals surface area contributed by atoms with E-state index in [1.165, 1.54) is 30.0 Å². The molecule has 1 aromatic heterocycles. The van der Waals surface area contributed by atoms with E-state index in [2.05, 4.69) is 26.8 Å². The summed E-state index contributed by atoms with van der Waals surface area (Å²) >= 11 is 0. The molecule has 1 amide bonds. The van der Waals surface area contributed by atoms with Crippen molar-refractivity contribution in [1.29, 1.82) is 0 Å². The first-order chi connectivity index (χ1) is 15.1. The van der Waals surface area contributed by atoms with E-state index in [0.29, 0.717) is 0 Å². The zero-order valence-corrected chi connectivity index (χ0v) is 21.4. The molecule has 1 heterocycles. The number of pyridine rings is 1. The normalized spacial score (nSPS) is 15.6. The Balaban J connectivity index is 0.00000385. The fourth-order valence-corrected chi connectivity index (χ4v) is 2.93. The van der Waals surface area contributed by atoms with Crippen LogP contribution in [0.2, 0.25) is 0 Å². The van der Waals surface area contributed by atoms with Crippen molar-refractivity contribution >= 4 is 17.3 Å². The summed E-state index contributed by atoms with van der Waals surface area (Å²) in [6.45, 7) is 3.72. The molecule has 0 bridgehead atoms. The van der Waals surface area contributed by atoms with E-state index in [1.54, 1.807) is 6.92 Å². The van der Waals surface area contributed by atoms with Gasteiger partial charge in [0.05, 0.1) is 5.56 Å². The molecule has 33 heavy (non-hydrogen) atoms. The summed E-state index contributed by atoms with van der Waals surface area (Å²) in [6.07, 6.45) is 5.30. The first kappa shape index (κ1) is 27.3. The number of hydrogen-bond acceptors (Lipinski definition) is 4. The van der Waals surface area contributed by atoms with Crippen molar-refractivity contribution in [2.45, 2.75) is 32.5 Å². The van der Waals surface area contributed by atoms with E-state index in [4.69, 9.17) is 0 Å². The molecule has 2 N–H and O–H groups in total. The molecule has 1 aromatic carbocycles. The summed E-state index contributed by atoms with van der Waals surface area (Å²) in [5.41, 5.74) is 1.45. The third kappa shape index (κ3) is 7.78. The molecule has 3 rings (SSSR count). The number of alkyl halides is 3. The van der Waals surface area contributed by atoms with E-state index >= 15 is 0 Å². The van der Waals surface area contributed by atoms with Gasteiger partial charge in [-0.1, -0.05) is 13.3 Å². The van der Waals surface area contributed by atoms with Crippen molar-refractivity contribution in [1.82, 2.24) is 10.3 Å². The summed E-state index contributed by atoms with van der Waals surface area (Å²) in [7, 11) is 0.